The zero-order valence-corrected chi connectivity index (χ0v) is 12.0. The molecule has 4 heteroatoms. The molecule has 0 saturated heterocycles. The van der Waals surface area contributed by atoms with Crippen LogP contribution in [-0.4, -0.2) is 12.1 Å². The lowest BCUT2D eigenvalue weighted by Gasteiger charge is -2.13. The van der Waals surface area contributed by atoms with Gasteiger partial charge in [0.05, 0.1) is 7.11 Å². The van der Waals surface area contributed by atoms with Gasteiger partial charge in [-0.3, -0.25) is 0 Å². The van der Waals surface area contributed by atoms with E-state index >= 15 is 0 Å². The summed E-state index contributed by atoms with van der Waals surface area (Å²) in [5.74, 6) is 0.837. The molecule has 2 rings (SSSR count). The average Bonchev–Trinajstić information content (AvgIpc) is 2.71. The summed E-state index contributed by atoms with van der Waals surface area (Å²) in [5, 5.41) is 1.83. The number of hydrogen-bond donors (Lipinski definition) is 1. The summed E-state index contributed by atoms with van der Waals surface area (Å²) < 4.78 is 5.15. The molecule has 2 aromatic rings. The van der Waals surface area contributed by atoms with Gasteiger partial charge in [-0.15, -0.1) is 11.3 Å². The van der Waals surface area contributed by atoms with Crippen LogP contribution < -0.4 is 10.5 Å². The lowest BCUT2D eigenvalue weighted by molar-refractivity contribution is 0.415. The molecule has 0 atom stereocenters. The maximum atomic E-state index is 6.07. The number of ether oxygens (including phenoxy) is 1. The van der Waals surface area contributed by atoms with Gasteiger partial charge in [-0.2, -0.15) is 0 Å². The van der Waals surface area contributed by atoms with Gasteiger partial charge in [-0.1, -0.05) is 20.8 Å². The van der Waals surface area contributed by atoms with Gasteiger partial charge in [0.15, 0.2) is 0 Å². The highest BCUT2D eigenvalue weighted by Crippen LogP contribution is 2.36. The number of nitrogens with two attached hydrogens (primary N) is 1. The number of thiazole rings is 1. The third-order valence-corrected chi connectivity index (χ3v) is 3.97. The maximum absolute atomic E-state index is 6.07. The molecular weight excluding hydrogens is 244 g/mol. The Hall–Kier alpha value is -1.55. The Morgan fingerprint density at radius 3 is 2.22 bits per heavy atom. The van der Waals surface area contributed by atoms with Crippen molar-refractivity contribution in [2.24, 2.45) is 0 Å². The lowest BCUT2D eigenvalue weighted by atomic mass is 9.98. The van der Waals surface area contributed by atoms with Crippen molar-refractivity contribution in [2.45, 2.75) is 26.2 Å². The molecule has 3 nitrogen and oxygen atoms in total. The molecule has 0 amide bonds. The smallest absolute Gasteiger partial charge is 0.118 e. The summed E-state index contributed by atoms with van der Waals surface area (Å²) in [7, 11) is 1.66. The predicted molar refractivity (Wildman–Crippen MR) is 77.2 cm³/mol. The summed E-state index contributed by atoms with van der Waals surface area (Å²) in [6.07, 6.45) is 0. The van der Waals surface area contributed by atoms with E-state index in [9.17, 15) is 0 Å². The van der Waals surface area contributed by atoms with E-state index in [1.165, 1.54) is 0 Å². The van der Waals surface area contributed by atoms with E-state index in [4.69, 9.17) is 10.5 Å². The molecule has 0 aliphatic carbocycles. The number of rotatable bonds is 2. The molecule has 0 spiro atoms. The van der Waals surface area contributed by atoms with Crippen molar-refractivity contribution in [3.63, 3.8) is 0 Å². The summed E-state index contributed by atoms with van der Waals surface area (Å²) in [4.78, 5) is 4.66. The third kappa shape index (κ3) is 2.48. The van der Waals surface area contributed by atoms with E-state index in [1.54, 1.807) is 18.4 Å². The first kappa shape index (κ1) is 12.9. The summed E-state index contributed by atoms with van der Waals surface area (Å²) in [6.45, 7) is 6.43. The molecule has 0 saturated carbocycles. The first-order valence-corrected chi connectivity index (χ1v) is 6.64. The van der Waals surface area contributed by atoms with Crippen LogP contribution in [0.3, 0.4) is 0 Å². The van der Waals surface area contributed by atoms with Crippen LogP contribution in [0, 0.1) is 0 Å². The number of aromatic nitrogens is 1. The molecule has 1 aromatic heterocycles. The average molecular weight is 262 g/mol. The minimum atomic E-state index is 0.0313. The van der Waals surface area contributed by atoms with Gasteiger partial charge in [0.25, 0.3) is 0 Å². The van der Waals surface area contributed by atoms with E-state index in [2.05, 4.69) is 25.8 Å². The minimum Gasteiger partial charge on any atom is -0.497 e. The normalized spacial score (nSPS) is 11.6. The van der Waals surface area contributed by atoms with Crippen molar-refractivity contribution in [1.82, 2.24) is 4.98 Å². The molecule has 96 valence electrons. The van der Waals surface area contributed by atoms with Crippen LogP contribution in [-0.2, 0) is 5.41 Å². The molecule has 0 aliphatic rings. The topological polar surface area (TPSA) is 48.1 Å². The largest absolute Gasteiger partial charge is 0.497 e. The Labute approximate surface area is 112 Å². The van der Waals surface area contributed by atoms with Crippen LogP contribution in [0.5, 0.6) is 5.75 Å². The van der Waals surface area contributed by atoms with E-state index < -0.39 is 0 Å². The fraction of sp³-hybridized carbons (Fsp3) is 0.357. The molecule has 0 unspecified atom stereocenters. The monoisotopic (exact) mass is 262 g/mol. The molecule has 0 radical (unpaired) electrons. The minimum absolute atomic E-state index is 0.0313. The van der Waals surface area contributed by atoms with Gasteiger partial charge < -0.3 is 10.5 Å². The Balaban J connectivity index is 2.41. The van der Waals surface area contributed by atoms with Crippen LogP contribution in [0.25, 0.3) is 11.3 Å². The SMILES string of the molecule is COc1ccc(-c2nc(C(C)(C)C)sc2N)cc1. The molecule has 1 aromatic carbocycles. The highest BCUT2D eigenvalue weighted by Gasteiger charge is 2.21. The fourth-order valence-corrected chi connectivity index (χ4v) is 2.52. The summed E-state index contributed by atoms with van der Waals surface area (Å²) in [6, 6.07) is 7.81. The molecule has 18 heavy (non-hydrogen) atoms. The standard InChI is InChI=1S/C14H18N2OS/c1-14(2,3)13-16-11(12(15)18-13)9-5-7-10(17-4)8-6-9/h5-8H,15H2,1-4H3. The van der Waals surface area contributed by atoms with E-state index in [0.29, 0.717) is 0 Å². The number of methoxy groups -OCH3 is 1. The first-order chi connectivity index (χ1) is 8.41. The Kier molecular flexibility index (Phi) is 3.30. The Bertz CT molecular complexity index is 538. The molecule has 2 N–H and O–H groups in total. The molecule has 0 fully saturated rings. The van der Waals surface area contributed by atoms with Crippen LogP contribution >= 0.6 is 11.3 Å². The molecule has 0 aliphatic heterocycles. The van der Waals surface area contributed by atoms with Crippen molar-refractivity contribution in [2.75, 3.05) is 12.8 Å². The van der Waals surface area contributed by atoms with Gasteiger partial charge in [-0.05, 0) is 24.3 Å². The van der Waals surface area contributed by atoms with Crippen molar-refractivity contribution in [1.29, 1.82) is 0 Å². The van der Waals surface area contributed by atoms with E-state index in [0.717, 1.165) is 27.0 Å². The van der Waals surface area contributed by atoms with Crippen molar-refractivity contribution < 1.29 is 4.74 Å². The number of nitrogen functional groups attached to an aromatic ring is 1. The third-order valence-electron chi connectivity index (χ3n) is 2.66. The van der Waals surface area contributed by atoms with Crippen LogP contribution in [0.2, 0.25) is 0 Å². The van der Waals surface area contributed by atoms with Gasteiger partial charge in [0.1, 0.15) is 21.5 Å². The van der Waals surface area contributed by atoms with Gasteiger partial charge in [0, 0.05) is 11.0 Å². The zero-order valence-electron chi connectivity index (χ0n) is 11.2. The summed E-state index contributed by atoms with van der Waals surface area (Å²) in [5.41, 5.74) is 7.99. The molecular formula is C14H18N2OS. The highest BCUT2D eigenvalue weighted by atomic mass is 32.1. The zero-order chi connectivity index (χ0) is 13.3. The number of nitrogens with zero attached hydrogens (tertiary/aromatic N) is 1. The second-order valence-corrected chi connectivity index (χ2v) is 6.24. The van der Waals surface area contributed by atoms with Crippen LogP contribution in [0.1, 0.15) is 25.8 Å². The summed E-state index contributed by atoms with van der Waals surface area (Å²) >= 11 is 1.56. The van der Waals surface area contributed by atoms with Gasteiger partial charge in [0.2, 0.25) is 0 Å². The number of anilines is 1. The first-order valence-electron chi connectivity index (χ1n) is 5.83. The number of hydrogen-bond acceptors (Lipinski definition) is 4. The van der Waals surface area contributed by atoms with Crippen molar-refractivity contribution in [3.8, 4) is 17.0 Å². The Morgan fingerprint density at radius 1 is 1.17 bits per heavy atom. The lowest BCUT2D eigenvalue weighted by Crippen LogP contribution is -2.10. The van der Waals surface area contributed by atoms with Crippen molar-refractivity contribution >= 4 is 16.3 Å². The second-order valence-electron chi connectivity index (χ2n) is 5.21. The molecule has 1 heterocycles. The maximum Gasteiger partial charge on any atom is 0.118 e. The quantitative estimate of drug-likeness (QED) is 0.897. The van der Waals surface area contributed by atoms with Gasteiger partial charge >= 0.3 is 0 Å². The van der Waals surface area contributed by atoms with Crippen LogP contribution in [0.4, 0.5) is 5.00 Å². The van der Waals surface area contributed by atoms with E-state index in [1.807, 2.05) is 24.3 Å². The molecule has 0 bridgehead atoms. The van der Waals surface area contributed by atoms with E-state index in [-0.39, 0.29) is 5.41 Å². The van der Waals surface area contributed by atoms with Crippen LogP contribution in [0.15, 0.2) is 24.3 Å². The predicted octanol–water partition coefficient (Wildman–Crippen LogP) is 3.70. The highest BCUT2D eigenvalue weighted by molar-refractivity contribution is 7.16. The van der Waals surface area contributed by atoms with Crippen molar-refractivity contribution in [3.05, 3.63) is 29.3 Å². The number of benzene rings is 1. The van der Waals surface area contributed by atoms with Gasteiger partial charge in [-0.25, -0.2) is 4.98 Å². The second kappa shape index (κ2) is 4.61. The Morgan fingerprint density at radius 2 is 1.78 bits per heavy atom. The fourth-order valence-electron chi connectivity index (χ4n) is 1.61.